The van der Waals surface area contributed by atoms with Gasteiger partial charge in [0, 0.05) is 15.8 Å². The van der Waals surface area contributed by atoms with E-state index in [0.717, 1.165) is 21.4 Å². The standard InChI is InChI=1S/C14H12BrNO2/c1-9-8-12(6-7-13(9)15)16-11-4-2-10(3-5-11)14(17)18/h2-8,16H,1H3,(H,17,18). The topological polar surface area (TPSA) is 49.3 Å². The molecule has 0 aromatic heterocycles. The normalized spacial score (nSPS) is 10.1. The molecule has 0 aliphatic rings. The van der Waals surface area contributed by atoms with Crippen molar-refractivity contribution in [1.82, 2.24) is 0 Å². The van der Waals surface area contributed by atoms with Crippen LogP contribution in [0.1, 0.15) is 15.9 Å². The second-order valence-electron chi connectivity index (χ2n) is 3.97. The number of aromatic carboxylic acids is 1. The molecule has 4 heteroatoms. The van der Waals surface area contributed by atoms with E-state index in [2.05, 4.69) is 21.2 Å². The number of carboxylic acid groups (broad SMARTS) is 1. The van der Waals surface area contributed by atoms with E-state index in [0.29, 0.717) is 0 Å². The number of benzene rings is 2. The Balaban J connectivity index is 2.18. The van der Waals surface area contributed by atoms with Crippen LogP contribution < -0.4 is 5.32 Å². The van der Waals surface area contributed by atoms with E-state index in [1.54, 1.807) is 24.3 Å². The number of carboxylic acids is 1. The van der Waals surface area contributed by atoms with E-state index in [1.807, 2.05) is 25.1 Å². The van der Waals surface area contributed by atoms with E-state index in [1.165, 1.54) is 0 Å². The molecule has 0 amide bonds. The van der Waals surface area contributed by atoms with Gasteiger partial charge in [-0.3, -0.25) is 0 Å². The van der Waals surface area contributed by atoms with Gasteiger partial charge in [0.25, 0.3) is 0 Å². The molecule has 0 spiro atoms. The first-order valence-electron chi connectivity index (χ1n) is 5.43. The van der Waals surface area contributed by atoms with Gasteiger partial charge in [-0.1, -0.05) is 15.9 Å². The van der Waals surface area contributed by atoms with Gasteiger partial charge in [0.15, 0.2) is 0 Å². The molecule has 0 bridgehead atoms. The lowest BCUT2D eigenvalue weighted by Gasteiger charge is -2.08. The number of anilines is 2. The van der Waals surface area contributed by atoms with Crippen LogP contribution in [-0.2, 0) is 0 Å². The van der Waals surface area contributed by atoms with E-state index < -0.39 is 5.97 Å². The number of halogens is 1. The summed E-state index contributed by atoms with van der Waals surface area (Å²) < 4.78 is 1.06. The van der Waals surface area contributed by atoms with Crippen molar-refractivity contribution in [2.75, 3.05) is 5.32 Å². The molecule has 0 fully saturated rings. The summed E-state index contributed by atoms with van der Waals surface area (Å²) in [5.41, 5.74) is 3.26. The van der Waals surface area contributed by atoms with Crippen molar-refractivity contribution in [2.24, 2.45) is 0 Å². The summed E-state index contributed by atoms with van der Waals surface area (Å²) in [6.07, 6.45) is 0. The molecule has 0 unspecified atom stereocenters. The minimum Gasteiger partial charge on any atom is -0.478 e. The molecule has 0 radical (unpaired) electrons. The Bertz CT molecular complexity index is 579. The maximum atomic E-state index is 10.7. The average Bonchev–Trinajstić information content (AvgIpc) is 2.34. The molecule has 2 N–H and O–H groups in total. The monoisotopic (exact) mass is 305 g/mol. The van der Waals surface area contributed by atoms with Gasteiger partial charge >= 0.3 is 5.97 Å². The Labute approximate surface area is 114 Å². The summed E-state index contributed by atoms with van der Waals surface area (Å²) in [7, 11) is 0. The SMILES string of the molecule is Cc1cc(Nc2ccc(C(=O)O)cc2)ccc1Br. The lowest BCUT2D eigenvalue weighted by molar-refractivity contribution is 0.0697. The van der Waals surface area contributed by atoms with Gasteiger partial charge in [-0.2, -0.15) is 0 Å². The molecular formula is C14H12BrNO2. The summed E-state index contributed by atoms with van der Waals surface area (Å²) in [4.78, 5) is 10.7. The van der Waals surface area contributed by atoms with Crippen molar-refractivity contribution in [2.45, 2.75) is 6.92 Å². The zero-order valence-electron chi connectivity index (χ0n) is 9.77. The Morgan fingerprint density at radius 2 is 1.72 bits per heavy atom. The molecule has 0 atom stereocenters. The van der Waals surface area contributed by atoms with E-state index in [-0.39, 0.29) is 5.56 Å². The minimum absolute atomic E-state index is 0.285. The Morgan fingerprint density at radius 1 is 1.11 bits per heavy atom. The first-order valence-corrected chi connectivity index (χ1v) is 6.22. The number of hydrogen-bond donors (Lipinski definition) is 2. The highest BCUT2D eigenvalue weighted by Crippen LogP contribution is 2.23. The highest BCUT2D eigenvalue weighted by atomic mass is 79.9. The fourth-order valence-corrected chi connectivity index (χ4v) is 1.83. The fourth-order valence-electron chi connectivity index (χ4n) is 1.59. The third-order valence-electron chi connectivity index (χ3n) is 2.58. The van der Waals surface area contributed by atoms with Crippen LogP contribution in [0.5, 0.6) is 0 Å². The summed E-state index contributed by atoms with van der Waals surface area (Å²) in [5.74, 6) is -0.916. The quantitative estimate of drug-likeness (QED) is 0.893. The largest absolute Gasteiger partial charge is 0.478 e. The van der Waals surface area contributed by atoms with Gasteiger partial charge in [-0.15, -0.1) is 0 Å². The molecule has 18 heavy (non-hydrogen) atoms. The lowest BCUT2D eigenvalue weighted by Crippen LogP contribution is -1.96. The van der Waals surface area contributed by atoms with Crippen LogP contribution in [0.4, 0.5) is 11.4 Å². The number of rotatable bonds is 3. The predicted molar refractivity (Wildman–Crippen MR) is 75.6 cm³/mol. The number of hydrogen-bond acceptors (Lipinski definition) is 2. The Hall–Kier alpha value is -1.81. The number of nitrogens with one attached hydrogen (secondary N) is 1. The van der Waals surface area contributed by atoms with Crippen molar-refractivity contribution < 1.29 is 9.90 Å². The molecule has 2 rings (SSSR count). The van der Waals surface area contributed by atoms with E-state index >= 15 is 0 Å². The van der Waals surface area contributed by atoms with Gasteiger partial charge in [-0.25, -0.2) is 4.79 Å². The fraction of sp³-hybridized carbons (Fsp3) is 0.0714. The molecule has 2 aromatic rings. The molecule has 0 heterocycles. The second-order valence-corrected chi connectivity index (χ2v) is 4.83. The maximum Gasteiger partial charge on any atom is 0.335 e. The molecule has 0 aliphatic heterocycles. The van der Waals surface area contributed by atoms with E-state index in [4.69, 9.17) is 5.11 Å². The molecule has 2 aromatic carbocycles. The first-order chi connectivity index (χ1) is 8.56. The Kier molecular flexibility index (Phi) is 3.67. The van der Waals surface area contributed by atoms with Gasteiger partial charge in [0.05, 0.1) is 5.56 Å². The van der Waals surface area contributed by atoms with Crippen LogP contribution >= 0.6 is 15.9 Å². The van der Waals surface area contributed by atoms with Crippen LogP contribution in [-0.4, -0.2) is 11.1 Å². The summed E-state index contributed by atoms with van der Waals surface area (Å²) in [6, 6.07) is 12.6. The molecule has 92 valence electrons. The number of aryl methyl sites for hydroxylation is 1. The zero-order valence-corrected chi connectivity index (χ0v) is 11.4. The highest BCUT2D eigenvalue weighted by Gasteiger charge is 2.02. The summed E-state index contributed by atoms with van der Waals surface area (Å²) in [6.45, 7) is 2.02. The van der Waals surface area contributed by atoms with Crippen LogP contribution in [0.15, 0.2) is 46.9 Å². The van der Waals surface area contributed by atoms with Gasteiger partial charge in [-0.05, 0) is 55.0 Å². The van der Waals surface area contributed by atoms with Gasteiger partial charge < -0.3 is 10.4 Å². The van der Waals surface area contributed by atoms with Gasteiger partial charge in [0.2, 0.25) is 0 Å². The maximum absolute atomic E-state index is 10.7. The molecule has 3 nitrogen and oxygen atoms in total. The smallest absolute Gasteiger partial charge is 0.335 e. The van der Waals surface area contributed by atoms with Crippen molar-refractivity contribution in [3.63, 3.8) is 0 Å². The lowest BCUT2D eigenvalue weighted by atomic mass is 10.2. The van der Waals surface area contributed by atoms with E-state index in [9.17, 15) is 4.79 Å². The third-order valence-corrected chi connectivity index (χ3v) is 3.47. The Morgan fingerprint density at radius 3 is 2.28 bits per heavy atom. The van der Waals surface area contributed by atoms with Crippen LogP contribution in [0.25, 0.3) is 0 Å². The minimum atomic E-state index is -0.916. The average molecular weight is 306 g/mol. The summed E-state index contributed by atoms with van der Waals surface area (Å²) >= 11 is 3.45. The molecule has 0 aliphatic carbocycles. The van der Waals surface area contributed by atoms with Crippen molar-refractivity contribution in [1.29, 1.82) is 0 Å². The van der Waals surface area contributed by atoms with Crippen LogP contribution in [0.3, 0.4) is 0 Å². The highest BCUT2D eigenvalue weighted by molar-refractivity contribution is 9.10. The molecule has 0 saturated carbocycles. The number of carbonyl (C=O) groups is 1. The van der Waals surface area contributed by atoms with Crippen LogP contribution in [0, 0.1) is 6.92 Å². The zero-order chi connectivity index (χ0) is 13.1. The third kappa shape index (κ3) is 2.90. The van der Waals surface area contributed by atoms with Crippen LogP contribution in [0.2, 0.25) is 0 Å². The first kappa shape index (κ1) is 12.6. The second kappa shape index (κ2) is 5.23. The van der Waals surface area contributed by atoms with Gasteiger partial charge in [0.1, 0.15) is 0 Å². The van der Waals surface area contributed by atoms with Crippen molar-refractivity contribution in [3.8, 4) is 0 Å². The van der Waals surface area contributed by atoms with Crippen molar-refractivity contribution in [3.05, 3.63) is 58.1 Å². The molecular weight excluding hydrogens is 294 g/mol. The van der Waals surface area contributed by atoms with Crippen molar-refractivity contribution >= 4 is 33.3 Å². The summed E-state index contributed by atoms with van der Waals surface area (Å²) in [5, 5.41) is 12.0. The molecule has 0 saturated heterocycles. The predicted octanol–water partition coefficient (Wildman–Crippen LogP) is 4.20.